The second-order valence-corrected chi connectivity index (χ2v) is 10.2. The first-order valence-corrected chi connectivity index (χ1v) is 12.4. The third-order valence-corrected chi connectivity index (χ3v) is 7.83. The van der Waals surface area contributed by atoms with Crippen LogP contribution in [0.1, 0.15) is 24.8 Å². The lowest BCUT2D eigenvalue weighted by Gasteiger charge is -2.31. The Morgan fingerprint density at radius 3 is 2.55 bits per heavy atom. The molecule has 5 nitrogen and oxygen atoms in total. The van der Waals surface area contributed by atoms with E-state index in [9.17, 15) is 13.2 Å². The first-order valence-electron chi connectivity index (χ1n) is 10.8. The highest BCUT2D eigenvalue weighted by Gasteiger charge is 2.32. The Morgan fingerprint density at radius 2 is 1.71 bits per heavy atom. The lowest BCUT2D eigenvalue weighted by atomic mass is 9.98. The summed E-state index contributed by atoms with van der Waals surface area (Å²) in [6.07, 6.45) is 2.72. The monoisotopic (exact) mass is 436 g/mol. The van der Waals surface area contributed by atoms with Crippen LogP contribution in [0.15, 0.2) is 72.8 Å². The van der Waals surface area contributed by atoms with E-state index in [4.69, 9.17) is 0 Å². The molecule has 4 rings (SSSR count). The van der Waals surface area contributed by atoms with Gasteiger partial charge in [0.05, 0.1) is 11.7 Å². The van der Waals surface area contributed by atoms with E-state index in [0.717, 1.165) is 28.4 Å². The number of carbonyl (C=O) groups is 1. The number of nitrogens with zero attached hydrogens (tertiary/aromatic N) is 1. The van der Waals surface area contributed by atoms with Crippen LogP contribution in [-0.2, 0) is 21.2 Å². The van der Waals surface area contributed by atoms with Gasteiger partial charge in [0.25, 0.3) is 0 Å². The van der Waals surface area contributed by atoms with Crippen LogP contribution in [-0.4, -0.2) is 37.5 Å². The Hall–Kier alpha value is -2.70. The van der Waals surface area contributed by atoms with Crippen LogP contribution in [0.25, 0.3) is 10.8 Å². The van der Waals surface area contributed by atoms with Gasteiger partial charge in [-0.1, -0.05) is 66.7 Å². The maximum Gasteiger partial charge on any atom is 0.228 e. The zero-order valence-corrected chi connectivity index (χ0v) is 18.4. The van der Waals surface area contributed by atoms with Crippen molar-refractivity contribution in [3.05, 3.63) is 78.4 Å². The number of aryl methyl sites for hydroxylation is 1. The van der Waals surface area contributed by atoms with Crippen LogP contribution < -0.4 is 5.32 Å². The number of amides is 1. The number of rotatable bonds is 7. The summed E-state index contributed by atoms with van der Waals surface area (Å²) in [6, 6.07) is 23.6. The molecule has 3 aromatic rings. The molecule has 1 heterocycles. The number of nitrogens with one attached hydrogen (secondary N) is 1. The minimum Gasteiger partial charge on any atom is -0.325 e. The topological polar surface area (TPSA) is 66.5 Å². The Balaban J connectivity index is 1.37. The second-order valence-electron chi connectivity index (χ2n) is 8.12. The molecule has 0 aromatic heterocycles. The van der Waals surface area contributed by atoms with Gasteiger partial charge in [0.1, 0.15) is 0 Å². The Bertz CT molecular complexity index is 1140. The molecule has 1 atom stereocenters. The van der Waals surface area contributed by atoms with Crippen molar-refractivity contribution in [3.63, 3.8) is 0 Å². The number of carbonyl (C=O) groups excluding carboxylic acids is 1. The highest BCUT2D eigenvalue weighted by atomic mass is 32.2. The average molecular weight is 437 g/mol. The van der Waals surface area contributed by atoms with Crippen molar-refractivity contribution in [2.45, 2.75) is 25.7 Å². The summed E-state index contributed by atoms with van der Waals surface area (Å²) < 4.78 is 27.3. The zero-order chi connectivity index (χ0) is 21.7. The zero-order valence-electron chi connectivity index (χ0n) is 17.5. The fourth-order valence-electron chi connectivity index (χ4n) is 4.21. The van der Waals surface area contributed by atoms with Crippen molar-refractivity contribution in [2.75, 3.05) is 24.2 Å². The molecule has 0 radical (unpaired) electrons. The predicted molar refractivity (Wildman–Crippen MR) is 125 cm³/mol. The minimum atomic E-state index is -3.37. The summed E-state index contributed by atoms with van der Waals surface area (Å²) >= 11 is 0. The lowest BCUT2D eigenvalue weighted by molar-refractivity contribution is -0.120. The third kappa shape index (κ3) is 5.32. The summed E-state index contributed by atoms with van der Waals surface area (Å²) in [6.45, 7) is 0.746. The number of sulfonamides is 1. The Morgan fingerprint density at radius 1 is 0.968 bits per heavy atom. The van der Waals surface area contributed by atoms with E-state index >= 15 is 0 Å². The summed E-state index contributed by atoms with van der Waals surface area (Å²) in [4.78, 5) is 13.0. The molecule has 0 bridgehead atoms. The van der Waals surface area contributed by atoms with Crippen LogP contribution in [0.2, 0.25) is 0 Å². The molecule has 1 amide bonds. The van der Waals surface area contributed by atoms with Gasteiger partial charge < -0.3 is 5.32 Å². The van der Waals surface area contributed by atoms with Crippen LogP contribution in [0.3, 0.4) is 0 Å². The number of benzene rings is 3. The molecule has 0 saturated carbocycles. The maximum absolute atomic E-state index is 13.0. The first-order chi connectivity index (χ1) is 15.0. The van der Waals surface area contributed by atoms with Gasteiger partial charge in [-0.05, 0) is 42.7 Å². The predicted octanol–water partition coefficient (Wildman–Crippen LogP) is 4.45. The molecule has 31 heavy (non-hydrogen) atoms. The number of fused-ring (bicyclic) bond motifs is 1. The van der Waals surface area contributed by atoms with Crippen molar-refractivity contribution in [3.8, 4) is 0 Å². The molecular formula is C25H28N2O3S. The quantitative estimate of drug-likeness (QED) is 0.595. The highest BCUT2D eigenvalue weighted by molar-refractivity contribution is 7.89. The fourth-order valence-corrected chi connectivity index (χ4v) is 5.79. The summed E-state index contributed by atoms with van der Waals surface area (Å²) in [5, 5.41) is 5.08. The van der Waals surface area contributed by atoms with Gasteiger partial charge >= 0.3 is 0 Å². The summed E-state index contributed by atoms with van der Waals surface area (Å²) in [5.74, 6) is -0.336. The standard InChI is InChI=1S/C25H28N2O3S/c28-25(26-24-16-6-13-21-12-4-5-15-23(21)24)22-14-7-17-27(19-22)31(29,30)18-8-11-20-9-2-1-3-10-20/h1-6,9-10,12-13,15-16,22H,7-8,11,14,17-19H2,(H,26,28)/t22-/m1/s1. The first kappa shape index (κ1) is 21.5. The average Bonchev–Trinajstić information content (AvgIpc) is 2.80. The van der Waals surface area contributed by atoms with Crippen LogP contribution in [0.5, 0.6) is 0 Å². The molecular weight excluding hydrogens is 408 g/mol. The van der Waals surface area contributed by atoms with E-state index in [0.29, 0.717) is 25.8 Å². The molecule has 3 aromatic carbocycles. The van der Waals surface area contributed by atoms with Gasteiger partial charge in [0.15, 0.2) is 0 Å². The summed E-state index contributed by atoms with van der Waals surface area (Å²) in [7, 11) is -3.37. The van der Waals surface area contributed by atoms with Crippen LogP contribution in [0.4, 0.5) is 5.69 Å². The number of anilines is 1. The number of piperidine rings is 1. The maximum atomic E-state index is 13.0. The molecule has 0 unspecified atom stereocenters. The van der Waals surface area contributed by atoms with Crippen molar-refractivity contribution in [1.29, 1.82) is 0 Å². The normalized spacial score (nSPS) is 17.5. The van der Waals surface area contributed by atoms with Gasteiger partial charge in [-0.3, -0.25) is 4.79 Å². The molecule has 1 aliphatic heterocycles. The SMILES string of the molecule is O=C(Nc1cccc2ccccc12)[C@@H]1CCCN(S(=O)(=O)CCCc2ccccc2)C1. The third-order valence-electron chi connectivity index (χ3n) is 5.91. The molecule has 0 spiro atoms. The van der Waals surface area contributed by atoms with Crippen LogP contribution >= 0.6 is 0 Å². The fraction of sp³-hybridized carbons (Fsp3) is 0.320. The van der Waals surface area contributed by atoms with Crippen molar-refractivity contribution < 1.29 is 13.2 Å². The Labute approximate surface area is 184 Å². The number of hydrogen-bond acceptors (Lipinski definition) is 3. The molecule has 6 heteroatoms. The smallest absolute Gasteiger partial charge is 0.228 e. The minimum absolute atomic E-state index is 0.111. The van der Waals surface area contributed by atoms with Crippen LogP contribution in [0, 0.1) is 5.92 Å². The van der Waals surface area contributed by atoms with E-state index in [2.05, 4.69) is 5.32 Å². The van der Waals surface area contributed by atoms with Gasteiger partial charge in [0.2, 0.25) is 15.9 Å². The van der Waals surface area contributed by atoms with Gasteiger partial charge in [-0.15, -0.1) is 0 Å². The molecule has 1 aliphatic rings. The van der Waals surface area contributed by atoms with E-state index in [1.54, 1.807) is 0 Å². The molecule has 0 aliphatic carbocycles. The van der Waals surface area contributed by atoms with Crippen molar-refractivity contribution in [1.82, 2.24) is 4.31 Å². The molecule has 1 saturated heterocycles. The van der Waals surface area contributed by atoms with E-state index in [-0.39, 0.29) is 24.1 Å². The Kier molecular flexibility index (Phi) is 6.68. The van der Waals surface area contributed by atoms with E-state index < -0.39 is 10.0 Å². The van der Waals surface area contributed by atoms with Gasteiger partial charge in [0, 0.05) is 24.2 Å². The van der Waals surface area contributed by atoms with E-state index in [1.165, 1.54) is 4.31 Å². The second kappa shape index (κ2) is 9.62. The lowest BCUT2D eigenvalue weighted by Crippen LogP contribution is -2.44. The van der Waals surface area contributed by atoms with Gasteiger partial charge in [-0.25, -0.2) is 12.7 Å². The molecule has 1 N–H and O–H groups in total. The number of hydrogen-bond donors (Lipinski definition) is 1. The van der Waals surface area contributed by atoms with E-state index in [1.807, 2.05) is 72.8 Å². The van der Waals surface area contributed by atoms with Gasteiger partial charge in [-0.2, -0.15) is 0 Å². The highest BCUT2D eigenvalue weighted by Crippen LogP contribution is 2.26. The molecule has 1 fully saturated rings. The molecule has 162 valence electrons. The van der Waals surface area contributed by atoms with Crippen molar-refractivity contribution >= 4 is 32.4 Å². The largest absolute Gasteiger partial charge is 0.325 e. The van der Waals surface area contributed by atoms with Crippen molar-refractivity contribution in [2.24, 2.45) is 5.92 Å². The summed E-state index contributed by atoms with van der Waals surface area (Å²) in [5.41, 5.74) is 1.91.